The SMILES string of the molecule is CCc1cccc(-n2c(CC)nc(NNc3ccccc3)nc2=O)c1CC. The molecule has 6 nitrogen and oxygen atoms in total. The molecule has 1 heterocycles. The van der Waals surface area contributed by atoms with Gasteiger partial charge in [0.1, 0.15) is 5.82 Å². The molecule has 0 aliphatic carbocycles. The minimum Gasteiger partial charge on any atom is -0.298 e. The first-order chi connectivity index (χ1) is 13.2. The van der Waals surface area contributed by atoms with E-state index in [0.717, 1.165) is 24.2 Å². The van der Waals surface area contributed by atoms with Crippen molar-refractivity contribution >= 4 is 11.6 Å². The van der Waals surface area contributed by atoms with Crippen LogP contribution >= 0.6 is 0 Å². The zero-order chi connectivity index (χ0) is 19.2. The maximum atomic E-state index is 12.8. The number of nitrogens with zero attached hydrogens (tertiary/aromatic N) is 3. The zero-order valence-electron chi connectivity index (χ0n) is 16.0. The van der Waals surface area contributed by atoms with Gasteiger partial charge in [0.2, 0.25) is 5.95 Å². The quantitative estimate of drug-likeness (QED) is 0.626. The normalized spacial score (nSPS) is 10.6. The minimum atomic E-state index is -0.331. The molecular weight excluding hydrogens is 338 g/mol. The first kappa shape index (κ1) is 18.6. The van der Waals surface area contributed by atoms with Gasteiger partial charge in [-0.3, -0.25) is 10.9 Å². The van der Waals surface area contributed by atoms with Crippen molar-refractivity contribution < 1.29 is 0 Å². The molecule has 27 heavy (non-hydrogen) atoms. The second-order valence-electron chi connectivity index (χ2n) is 6.17. The van der Waals surface area contributed by atoms with E-state index in [1.807, 2.05) is 49.4 Å². The average Bonchev–Trinajstić information content (AvgIpc) is 2.71. The van der Waals surface area contributed by atoms with Gasteiger partial charge < -0.3 is 0 Å². The Balaban J connectivity index is 2.00. The van der Waals surface area contributed by atoms with Gasteiger partial charge in [0, 0.05) is 6.42 Å². The predicted octanol–water partition coefficient (Wildman–Crippen LogP) is 3.75. The second-order valence-corrected chi connectivity index (χ2v) is 6.17. The molecule has 0 atom stereocenters. The topological polar surface area (TPSA) is 71.8 Å². The summed E-state index contributed by atoms with van der Waals surface area (Å²) in [6.45, 7) is 6.22. The third-order valence-electron chi connectivity index (χ3n) is 4.52. The van der Waals surface area contributed by atoms with E-state index in [9.17, 15) is 4.79 Å². The van der Waals surface area contributed by atoms with Crippen LogP contribution in [-0.4, -0.2) is 14.5 Å². The summed E-state index contributed by atoms with van der Waals surface area (Å²) in [7, 11) is 0. The van der Waals surface area contributed by atoms with Crippen molar-refractivity contribution in [2.75, 3.05) is 10.9 Å². The lowest BCUT2D eigenvalue weighted by molar-refractivity contribution is 0.763. The van der Waals surface area contributed by atoms with Crippen LogP contribution in [0.5, 0.6) is 0 Å². The van der Waals surface area contributed by atoms with Crippen LogP contribution in [0.1, 0.15) is 37.7 Å². The summed E-state index contributed by atoms with van der Waals surface area (Å²) >= 11 is 0. The Labute approximate surface area is 159 Å². The molecule has 0 saturated heterocycles. The van der Waals surface area contributed by atoms with Gasteiger partial charge in [0.15, 0.2) is 0 Å². The Kier molecular flexibility index (Phi) is 5.86. The van der Waals surface area contributed by atoms with E-state index in [2.05, 4.69) is 40.7 Å². The molecule has 1 aromatic heterocycles. The maximum absolute atomic E-state index is 12.8. The number of hydrogen-bond donors (Lipinski definition) is 2. The highest BCUT2D eigenvalue weighted by atomic mass is 16.1. The van der Waals surface area contributed by atoms with Crippen LogP contribution in [0.2, 0.25) is 0 Å². The smallest absolute Gasteiger partial charge is 0.298 e. The van der Waals surface area contributed by atoms with Gasteiger partial charge in [0.05, 0.1) is 11.4 Å². The molecule has 2 aromatic carbocycles. The summed E-state index contributed by atoms with van der Waals surface area (Å²) in [6, 6.07) is 15.7. The van der Waals surface area contributed by atoms with Crippen LogP contribution in [0.4, 0.5) is 11.6 Å². The zero-order valence-corrected chi connectivity index (χ0v) is 16.0. The minimum absolute atomic E-state index is 0.265. The fraction of sp³-hybridized carbons (Fsp3) is 0.286. The number of aryl methyl sites for hydroxylation is 2. The van der Waals surface area contributed by atoms with Gasteiger partial charge in [-0.2, -0.15) is 9.97 Å². The van der Waals surface area contributed by atoms with Crippen molar-refractivity contribution in [3.8, 4) is 5.69 Å². The summed E-state index contributed by atoms with van der Waals surface area (Å²) < 4.78 is 1.63. The molecular formula is C21H25N5O. The van der Waals surface area contributed by atoms with Gasteiger partial charge in [-0.25, -0.2) is 9.36 Å². The summed E-state index contributed by atoms with van der Waals surface area (Å²) in [5.74, 6) is 0.942. The van der Waals surface area contributed by atoms with E-state index < -0.39 is 0 Å². The Morgan fingerprint density at radius 3 is 2.30 bits per heavy atom. The fourth-order valence-electron chi connectivity index (χ4n) is 3.20. The highest BCUT2D eigenvalue weighted by Crippen LogP contribution is 2.20. The predicted molar refractivity (Wildman–Crippen MR) is 109 cm³/mol. The Morgan fingerprint density at radius 2 is 1.63 bits per heavy atom. The molecule has 0 saturated carbocycles. The molecule has 0 bridgehead atoms. The number of rotatable bonds is 7. The lowest BCUT2D eigenvalue weighted by atomic mass is 10.0. The van der Waals surface area contributed by atoms with Gasteiger partial charge in [-0.15, -0.1) is 0 Å². The van der Waals surface area contributed by atoms with Crippen molar-refractivity contribution in [3.63, 3.8) is 0 Å². The van der Waals surface area contributed by atoms with E-state index >= 15 is 0 Å². The summed E-state index contributed by atoms with van der Waals surface area (Å²) in [6.07, 6.45) is 2.40. The van der Waals surface area contributed by atoms with Crippen LogP contribution in [0.15, 0.2) is 53.3 Å². The van der Waals surface area contributed by atoms with Gasteiger partial charge >= 0.3 is 5.69 Å². The Hall–Kier alpha value is -3.15. The van der Waals surface area contributed by atoms with E-state index in [1.54, 1.807) is 4.57 Å². The molecule has 2 N–H and O–H groups in total. The number of nitrogens with one attached hydrogen (secondary N) is 2. The summed E-state index contributed by atoms with van der Waals surface area (Å²) in [5.41, 5.74) is 9.77. The number of hydrazine groups is 1. The van der Waals surface area contributed by atoms with Gasteiger partial charge in [0.25, 0.3) is 0 Å². The maximum Gasteiger partial charge on any atom is 0.356 e. The lowest BCUT2D eigenvalue weighted by Crippen LogP contribution is -2.29. The molecule has 0 spiro atoms. The third-order valence-corrected chi connectivity index (χ3v) is 4.52. The summed E-state index contributed by atoms with van der Waals surface area (Å²) in [5, 5.41) is 0. The Morgan fingerprint density at radius 1 is 0.852 bits per heavy atom. The van der Waals surface area contributed by atoms with Crippen molar-refractivity contribution in [1.82, 2.24) is 14.5 Å². The van der Waals surface area contributed by atoms with Crippen LogP contribution < -0.4 is 16.5 Å². The molecule has 0 aliphatic rings. The number of benzene rings is 2. The number of hydrogen-bond acceptors (Lipinski definition) is 5. The number of para-hydroxylation sites is 1. The van der Waals surface area contributed by atoms with Crippen LogP contribution in [0, 0.1) is 0 Å². The van der Waals surface area contributed by atoms with E-state index in [4.69, 9.17) is 0 Å². The number of anilines is 2. The molecule has 140 valence electrons. The van der Waals surface area contributed by atoms with Crippen LogP contribution in [-0.2, 0) is 19.3 Å². The molecule has 0 amide bonds. The molecule has 0 radical (unpaired) electrons. The van der Waals surface area contributed by atoms with Crippen LogP contribution in [0.25, 0.3) is 5.69 Å². The molecule has 0 unspecified atom stereocenters. The fourth-order valence-corrected chi connectivity index (χ4v) is 3.20. The molecule has 0 fully saturated rings. The Bertz CT molecular complexity index is 966. The van der Waals surface area contributed by atoms with E-state index in [1.165, 1.54) is 11.1 Å². The standard InChI is InChI=1S/C21H25N5O/c1-4-15-11-10-14-18(17(15)5-2)26-19(6-3)22-20(23-21(26)27)25-24-16-12-8-7-9-13-16/h7-14,24H,4-6H2,1-3H3,(H,23,25,27). The van der Waals surface area contributed by atoms with Crippen LogP contribution in [0.3, 0.4) is 0 Å². The molecule has 3 aromatic rings. The molecule has 6 heteroatoms. The second kappa shape index (κ2) is 8.49. The average molecular weight is 363 g/mol. The van der Waals surface area contributed by atoms with Gasteiger partial charge in [-0.1, -0.05) is 51.1 Å². The first-order valence-electron chi connectivity index (χ1n) is 9.36. The molecule has 0 aliphatic heterocycles. The van der Waals surface area contributed by atoms with Crippen molar-refractivity contribution in [2.45, 2.75) is 40.0 Å². The molecule has 3 rings (SSSR count). The first-order valence-corrected chi connectivity index (χ1v) is 9.36. The lowest BCUT2D eigenvalue weighted by Gasteiger charge is -2.17. The monoisotopic (exact) mass is 363 g/mol. The van der Waals surface area contributed by atoms with E-state index in [0.29, 0.717) is 12.2 Å². The highest BCUT2D eigenvalue weighted by Gasteiger charge is 2.15. The van der Waals surface area contributed by atoms with Crippen molar-refractivity contribution in [2.24, 2.45) is 0 Å². The highest BCUT2D eigenvalue weighted by molar-refractivity contribution is 5.49. The van der Waals surface area contributed by atoms with Crippen molar-refractivity contribution in [3.05, 3.63) is 76.0 Å². The van der Waals surface area contributed by atoms with Gasteiger partial charge in [-0.05, 0) is 42.2 Å². The third kappa shape index (κ3) is 4.00. The van der Waals surface area contributed by atoms with Crippen molar-refractivity contribution in [1.29, 1.82) is 0 Å². The van der Waals surface area contributed by atoms with E-state index in [-0.39, 0.29) is 11.6 Å². The number of aromatic nitrogens is 3. The largest absolute Gasteiger partial charge is 0.356 e. The summed E-state index contributed by atoms with van der Waals surface area (Å²) in [4.78, 5) is 21.5.